The maximum absolute atomic E-state index is 11.8. The van der Waals surface area contributed by atoms with Crippen molar-refractivity contribution in [3.63, 3.8) is 0 Å². The fourth-order valence-corrected chi connectivity index (χ4v) is 3.02. The third-order valence-corrected chi connectivity index (χ3v) is 4.30. The van der Waals surface area contributed by atoms with E-state index in [-0.39, 0.29) is 5.82 Å². The molecule has 2 aromatic carbocycles. The first-order valence-corrected chi connectivity index (χ1v) is 8.42. The van der Waals surface area contributed by atoms with Gasteiger partial charge in [-0.25, -0.2) is 0 Å². The van der Waals surface area contributed by atoms with E-state index in [2.05, 4.69) is 0 Å². The second-order valence-electron chi connectivity index (χ2n) is 5.66. The second-order valence-corrected chi connectivity index (χ2v) is 6.05. The lowest BCUT2D eigenvalue weighted by Crippen LogP contribution is -2.26. The summed E-state index contributed by atoms with van der Waals surface area (Å²) in [6.45, 7) is 0.963. The van der Waals surface area contributed by atoms with Gasteiger partial charge in [0.25, 0.3) is 0 Å². The van der Waals surface area contributed by atoms with Gasteiger partial charge in [0.05, 0.1) is 9.85 Å². The van der Waals surface area contributed by atoms with Crippen molar-refractivity contribution < 1.29 is 9.85 Å². The van der Waals surface area contributed by atoms with Crippen LogP contribution in [0.5, 0.6) is 0 Å². The number of halogens is 1. The van der Waals surface area contributed by atoms with Gasteiger partial charge in [-0.1, -0.05) is 36.4 Å². The summed E-state index contributed by atoms with van der Waals surface area (Å²) in [5.74, 6) is 0.234. The Morgan fingerprint density at radius 3 is 1.67 bits per heavy atom. The van der Waals surface area contributed by atoms with Gasteiger partial charge in [0, 0.05) is 24.5 Å². The number of para-hydroxylation sites is 2. The largest absolute Gasteiger partial charge is 0.344 e. The van der Waals surface area contributed by atoms with E-state index in [1.165, 1.54) is 0 Å². The number of anilines is 2. The van der Waals surface area contributed by atoms with E-state index in [1.54, 1.807) is 9.80 Å². The van der Waals surface area contributed by atoms with Crippen LogP contribution in [0.4, 0.5) is 11.4 Å². The van der Waals surface area contributed by atoms with Crippen LogP contribution in [0.15, 0.2) is 83.4 Å². The first-order chi connectivity index (χ1) is 13.0. The van der Waals surface area contributed by atoms with E-state index in [9.17, 15) is 20.2 Å². The number of nitrogens with zero attached hydrogens (tertiary/aromatic N) is 4. The Bertz CT molecular complexity index is 866. The number of benzene rings is 2. The second kappa shape index (κ2) is 7.88. The molecule has 27 heavy (non-hydrogen) atoms. The number of hydrogen-bond donors (Lipinski definition) is 0. The molecular formula is C18H15ClN4O4. The molecule has 3 rings (SSSR count). The topological polar surface area (TPSA) is 92.8 Å². The molecule has 8 nitrogen and oxygen atoms in total. The minimum absolute atomic E-state index is 0.234. The summed E-state index contributed by atoms with van der Waals surface area (Å²) in [7, 11) is 0. The highest BCUT2D eigenvalue weighted by Crippen LogP contribution is 2.33. The Morgan fingerprint density at radius 1 is 0.852 bits per heavy atom. The third-order valence-electron chi connectivity index (χ3n) is 4.05. The number of hydrogen-bond acceptors (Lipinski definition) is 6. The Labute approximate surface area is 159 Å². The van der Waals surface area contributed by atoms with Crippen molar-refractivity contribution >= 4 is 23.0 Å². The molecule has 2 aromatic rings. The molecule has 0 saturated carbocycles. The molecule has 0 bridgehead atoms. The summed E-state index contributed by atoms with van der Waals surface area (Å²) in [6, 6.07) is 18.3. The molecule has 138 valence electrons. The standard InChI is InChI=1S/C18H15ClN4O4/c19-17(23(26)27)13-16(22(24)25)18-20(14-7-3-1-4-8-14)11-12-21(18)15-9-5-2-6-10-15/h1-10,13H,11-12H2. The molecular weight excluding hydrogens is 372 g/mol. The molecule has 0 atom stereocenters. The van der Waals surface area contributed by atoms with E-state index >= 15 is 0 Å². The predicted molar refractivity (Wildman–Crippen MR) is 103 cm³/mol. The highest BCUT2D eigenvalue weighted by atomic mass is 35.5. The zero-order valence-electron chi connectivity index (χ0n) is 14.1. The highest BCUT2D eigenvalue weighted by Gasteiger charge is 2.35. The maximum Gasteiger partial charge on any atom is 0.344 e. The summed E-state index contributed by atoms with van der Waals surface area (Å²) in [6.07, 6.45) is 0.786. The van der Waals surface area contributed by atoms with Crippen molar-refractivity contribution in [3.8, 4) is 0 Å². The van der Waals surface area contributed by atoms with Crippen LogP contribution < -0.4 is 9.80 Å². The summed E-state index contributed by atoms with van der Waals surface area (Å²) in [5.41, 5.74) is 1.05. The zero-order chi connectivity index (χ0) is 19.4. The van der Waals surface area contributed by atoms with Gasteiger partial charge >= 0.3 is 10.9 Å². The van der Waals surface area contributed by atoms with Gasteiger partial charge in [0.1, 0.15) is 6.08 Å². The van der Waals surface area contributed by atoms with Crippen molar-refractivity contribution in [3.05, 3.63) is 104 Å². The van der Waals surface area contributed by atoms with Crippen LogP contribution in [0.1, 0.15) is 0 Å². The summed E-state index contributed by atoms with van der Waals surface area (Å²) < 4.78 is 0. The molecule has 0 radical (unpaired) electrons. The summed E-state index contributed by atoms with van der Waals surface area (Å²) >= 11 is 5.61. The Balaban J connectivity index is 2.21. The molecule has 0 spiro atoms. The van der Waals surface area contributed by atoms with Crippen molar-refractivity contribution in [2.45, 2.75) is 0 Å². The van der Waals surface area contributed by atoms with Gasteiger partial charge in [0.15, 0.2) is 5.82 Å². The van der Waals surface area contributed by atoms with E-state index < -0.39 is 20.7 Å². The predicted octanol–water partition coefficient (Wildman–Crippen LogP) is 3.82. The number of rotatable bonds is 5. The van der Waals surface area contributed by atoms with Crippen LogP contribution in [0.3, 0.4) is 0 Å². The molecule has 1 fully saturated rings. The lowest BCUT2D eigenvalue weighted by Gasteiger charge is -2.24. The lowest BCUT2D eigenvalue weighted by molar-refractivity contribution is -0.428. The molecule has 0 aliphatic carbocycles. The Morgan fingerprint density at radius 2 is 1.30 bits per heavy atom. The average molecular weight is 387 g/mol. The van der Waals surface area contributed by atoms with Gasteiger partial charge in [0.2, 0.25) is 0 Å². The van der Waals surface area contributed by atoms with Crippen LogP contribution in [-0.2, 0) is 0 Å². The van der Waals surface area contributed by atoms with Crippen LogP contribution in [0, 0.1) is 20.2 Å². The van der Waals surface area contributed by atoms with Crippen molar-refractivity contribution in [2.24, 2.45) is 0 Å². The van der Waals surface area contributed by atoms with Crippen molar-refractivity contribution in [1.82, 2.24) is 0 Å². The van der Waals surface area contributed by atoms with E-state index in [0.29, 0.717) is 13.1 Å². The number of nitro groups is 2. The fraction of sp³-hybridized carbons (Fsp3) is 0.111. The van der Waals surface area contributed by atoms with Crippen LogP contribution >= 0.6 is 11.6 Å². The van der Waals surface area contributed by atoms with Gasteiger partial charge in [-0.3, -0.25) is 20.2 Å². The molecule has 0 N–H and O–H groups in total. The molecule has 0 aromatic heterocycles. The van der Waals surface area contributed by atoms with Gasteiger partial charge in [-0.05, 0) is 35.9 Å². The molecule has 1 saturated heterocycles. The molecule has 9 heteroatoms. The maximum atomic E-state index is 11.8. The molecule has 1 aliphatic heterocycles. The first-order valence-electron chi connectivity index (χ1n) is 8.04. The SMILES string of the molecule is O=[N+]([O-])C(Cl)=CC(=C1N(c2ccccc2)CCN1c1ccccc1)[N+](=O)[O-]. The van der Waals surface area contributed by atoms with Gasteiger partial charge in [-0.2, -0.15) is 0 Å². The monoisotopic (exact) mass is 386 g/mol. The van der Waals surface area contributed by atoms with Gasteiger partial charge in [-0.15, -0.1) is 0 Å². The van der Waals surface area contributed by atoms with E-state index in [0.717, 1.165) is 17.5 Å². The zero-order valence-corrected chi connectivity index (χ0v) is 14.8. The highest BCUT2D eigenvalue weighted by molar-refractivity contribution is 6.28. The summed E-state index contributed by atoms with van der Waals surface area (Å²) in [5, 5.41) is 21.9. The molecule has 0 unspecified atom stereocenters. The van der Waals surface area contributed by atoms with Crippen molar-refractivity contribution in [2.75, 3.05) is 22.9 Å². The minimum atomic E-state index is -0.861. The molecule has 1 aliphatic rings. The van der Waals surface area contributed by atoms with E-state index in [1.807, 2.05) is 60.7 Å². The summed E-state index contributed by atoms with van der Waals surface area (Å²) in [4.78, 5) is 24.7. The quantitative estimate of drug-likeness (QED) is 0.440. The normalized spacial score (nSPS) is 14.4. The van der Waals surface area contributed by atoms with E-state index in [4.69, 9.17) is 11.6 Å². The van der Waals surface area contributed by atoms with Crippen molar-refractivity contribution in [1.29, 1.82) is 0 Å². The first kappa shape index (κ1) is 18.4. The Hall–Kier alpha value is -3.39. The van der Waals surface area contributed by atoms with Crippen LogP contribution in [-0.4, -0.2) is 22.9 Å². The Kier molecular flexibility index (Phi) is 5.37. The minimum Gasteiger partial charge on any atom is -0.320 e. The fourth-order valence-electron chi connectivity index (χ4n) is 2.92. The molecule has 1 heterocycles. The number of allylic oxidation sites excluding steroid dienone is 1. The lowest BCUT2D eigenvalue weighted by atomic mass is 10.2. The smallest absolute Gasteiger partial charge is 0.320 e. The van der Waals surface area contributed by atoms with Crippen LogP contribution in [0.2, 0.25) is 0 Å². The average Bonchev–Trinajstić information content (AvgIpc) is 3.11. The van der Waals surface area contributed by atoms with Crippen LogP contribution in [0.25, 0.3) is 0 Å². The molecule has 0 amide bonds. The van der Waals surface area contributed by atoms with Gasteiger partial charge < -0.3 is 9.80 Å². The third kappa shape index (κ3) is 3.90.